The Balaban J connectivity index is 2.08. The minimum atomic E-state index is -2.85. The van der Waals surface area contributed by atoms with Gasteiger partial charge in [-0.15, -0.1) is 0 Å². The molecular weight excluding hydrogens is 297 g/mol. The first-order chi connectivity index (χ1) is 10.2. The van der Waals surface area contributed by atoms with Crippen molar-refractivity contribution >= 4 is 23.4 Å². The molecule has 5 N–H and O–H groups in total. The number of imide groups is 1. The number of nitrogen functional groups attached to an aromatic ring is 1. The van der Waals surface area contributed by atoms with Crippen molar-refractivity contribution < 1.29 is 29.0 Å². The molecule has 1 aromatic rings. The zero-order chi connectivity index (χ0) is 16.2. The zero-order valence-electron chi connectivity index (χ0n) is 11.2. The normalized spacial score (nSPS) is 23.5. The summed E-state index contributed by atoms with van der Waals surface area (Å²) in [7, 11) is 0. The second kappa shape index (κ2) is 4.49. The molecule has 2 aliphatic rings. The van der Waals surface area contributed by atoms with Gasteiger partial charge in [-0.05, 0) is 18.6 Å². The van der Waals surface area contributed by atoms with E-state index in [0.717, 1.165) is 12.1 Å². The van der Waals surface area contributed by atoms with Gasteiger partial charge in [-0.25, -0.2) is 4.39 Å². The molecule has 2 heterocycles. The molecule has 8 nitrogen and oxygen atoms in total. The summed E-state index contributed by atoms with van der Waals surface area (Å²) in [5.74, 6) is -5.96. The molecule has 116 valence electrons. The number of nitrogens with zero attached hydrogens (tertiary/aromatic N) is 1. The highest BCUT2D eigenvalue weighted by Crippen LogP contribution is 2.41. The lowest BCUT2D eigenvalue weighted by Crippen LogP contribution is -2.58. The lowest BCUT2D eigenvalue weighted by Gasteiger charge is -2.36. The third-order valence-electron chi connectivity index (χ3n) is 3.78. The van der Waals surface area contributed by atoms with Gasteiger partial charge < -0.3 is 15.9 Å². The molecule has 22 heavy (non-hydrogen) atoms. The highest BCUT2D eigenvalue weighted by atomic mass is 19.1. The number of carbonyl (C=O) groups is 3. The Labute approximate surface area is 123 Å². The van der Waals surface area contributed by atoms with Crippen LogP contribution in [0.1, 0.15) is 28.8 Å². The first-order valence-electron chi connectivity index (χ1n) is 6.45. The number of halogens is 1. The zero-order valence-corrected chi connectivity index (χ0v) is 11.2. The highest BCUT2D eigenvalue weighted by Gasteiger charge is 2.54. The van der Waals surface area contributed by atoms with E-state index in [1.54, 1.807) is 0 Å². The van der Waals surface area contributed by atoms with Crippen molar-refractivity contribution in [2.75, 3.05) is 5.73 Å². The summed E-state index contributed by atoms with van der Waals surface area (Å²) in [5.41, 5.74) is 4.55. The predicted molar refractivity (Wildman–Crippen MR) is 69.3 cm³/mol. The fourth-order valence-corrected chi connectivity index (χ4v) is 2.85. The lowest BCUT2D eigenvalue weighted by atomic mass is 10.0. The van der Waals surface area contributed by atoms with E-state index in [0.29, 0.717) is 4.90 Å². The van der Waals surface area contributed by atoms with Crippen LogP contribution in [0, 0.1) is 5.82 Å². The number of hydrogen-bond donors (Lipinski definition) is 4. The summed E-state index contributed by atoms with van der Waals surface area (Å²) in [5, 5.41) is 22.6. The molecule has 0 bridgehead atoms. The van der Waals surface area contributed by atoms with Crippen molar-refractivity contribution in [1.82, 2.24) is 10.2 Å². The van der Waals surface area contributed by atoms with Crippen LogP contribution in [0.4, 0.5) is 10.1 Å². The van der Waals surface area contributed by atoms with Gasteiger partial charge in [-0.3, -0.25) is 24.6 Å². The first-order valence-corrected chi connectivity index (χ1v) is 6.45. The molecule has 0 aromatic heterocycles. The monoisotopic (exact) mass is 309 g/mol. The van der Waals surface area contributed by atoms with Gasteiger partial charge in [0.1, 0.15) is 11.9 Å². The fraction of sp³-hybridized carbons (Fsp3) is 0.308. The van der Waals surface area contributed by atoms with E-state index in [1.807, 2.05) is 5.32 Å². The Kier molecular flexibility index (Phi) is 2.94. The number of carbonyl (C=O) groups excluding carboxylic acids is 3. The Bertz CT molecular complexity index is 718. The molecule has 1 unspecified atom stereocenters. The number of hydrogen-bond acceptors (Lipinski definition) is 6. The first kappa shape index (κ1) is 14.4. The van der Waals surface area contributed by atoms with Crippen molar-refractivity contribution in [3.63, 3.8) is 0 Å². The maximum absolute atomic E-state index is 13.4. The number of anilines is 1. The molecule has 3 amide bonds. The van der Waals surface area contributed by atoms with Crippen LogP contribution in [0.2, 0.25) is 0 Å². The van der Waals surface area contributed by atoms with Crippen molar-refractivity contribution in [1.29, 1.82) is 0 Å². The van der Waals surface area contributed by atoms with Crippen LogP contribution >= 0.6 is 0 Å². The van der Waals surface area contributed by atoms with Crippen LogP contribution in [0.3, 0.4) is 0 Å². The van der Waals surface area contributed by atoms with Gasteiger partial charge in [-0.1, -0.05) is 0 Å². The topological polar surface area (TPSA) is 133 Å². The third kappa shape index (κ3) is 1.86. The highest BCUT2D eigenvalue weighted by molar-refractivity contribution is 6.06. The van der Waals surface area contributed by atoms with Crippen LogP contribution in [0.5, 0.6) is 0 Å². The van der Waals surface area contributed by atoms with Crippen molar-refractivity contribution in [2.45, 2.75) is 24.8 Å². The molecule has 3 rings (SSSR count). The van der Waals surface area contributed by atoms with Crippen LogP contribution in [0.15, 0.2) is 12.1 Å². The Morgan fingerprint density at radius 2 is 2.00 bits per heavy atom. The number of aliphatic hydroxyl groups is 2. The van der Waals surface area contributed by atoms with Gasteiger partial charge in [0.15, 0.2) is 0 Å². The summed E-state index contributed by atoms with van der Waals surface area (Å²) in [6.45, 7) is 0. The van der Waals surface area contributed by atoms with Crippen molar-refractivity contribution in [3.8, 4) is 0 Å². The molecule has 1 fully saturated rings. The molecule has 0 radical (unpaired) electrons. The van der Waals surface area contributed by atoms with E-state index in [-0.39, 0.29) is 29.7 Å². The molecule has 2 aliphatic heterocycles. The molecule has 1 atom stereocenters. The summed E-state index contributed by atoms with van der Waals surface area (Å²) < 4.78 is 13.4. The molecule has 0 saturated carbocycles. The van der Waals surface area contributed by atoms with E-state index < -0.39 is 35.5 Å². The summed E-state index contributed by atoms with van der Waals surface area (Å²) in [6.07, 6.45) is -0.133. The standard InChI is InChI=1S/C13H12FN3O5/c14-5-3-6-10(7(15)4-5)13(21,22)17(12(6)20)8-1-2-9(18)16-11(8)19/h3-4,8,21-22H,1-2,15H2,(H,16,18,19). The van der Waals surface area contributed by atoms with E-state index in [2.05, 4.69) is 0 Å². The second-order valence-electron chi connectivity index (χ2n) is 5.20. The number of fused-ring (bicyclic) bond motifs is 1. The maximum Gasteiger partial charge on any atom is 0.281 e. The Morgan fingerprint density at radius 3 is 2.64 bits per heavy atom. The number of benzene rings is 1. The van der Waals surface area contributed by atoms with Gasteiger partial charge in [-0.2, -0.15) is 0 Å². The summed E-state index contributed by atoms with van der Waals surface area (Å²) >= 11 is 0. The van der Waals surface area contributed by atoms with E-state index in [4.69, 9.17) is 5.73 Å². The predicted octanol–water partition coefficient (Wildman–Crippen LogP) is -1.24. The Hall–Kier alpha value is -2.52. The number of amides is 3. The minimum absolute atomic E-state index is 0.0591. The molecule has 9 heteroatoms. The van der Waals surface area contributed by atoms with Gasteiger partial charge >= 0.3 is 0 Å². The molecule has 1 aromatic carbocycles. The fourth-order valence-electron chi connectivity index (χ4n) is 2.85. The molecule has 0 spiro atoms. The second-order valence-corrected chi connectivity index (χ2v) is 5.20. The molecule has 0 aliphatic carbocycles. The van der Waals surface area contributed by atoms with Gasteiger partial charge in [0.25, 0.3) is 11.8 Å². The average molecular weight is 309 g/mol. The van der Waals surface area contributed by atoms with E-state index >= 15 is 0 Å². The van der Waals surface area contributed by atoms with Gasteiger partial charge in [0, 0.05) is 12.1 Å². The van der Waals surface area contributed by atoms with Crippen LogP contribution < -0.4 is 11.1 Å². The van der Waals surface area contributed by atoms with Gasteiger partial charge in [0.05, 0.1) is 11.1 Å². The number of piperidine rings is 1. The number of nitrogens with one attached hydrogen (secondary N) is 1. The quantitative estimate of drug-likeness (QED) is 0.291. The maximum atomic E-state index is 13.4. The summed E-state index contributed by atoms with van der Waals surface area (Å²) in [4.78, 5) is 35.9. The number of nitrogens with two attached hydrogens (primary N) is 1. The lowest BCUT2D eigenvalue weighted by molar-refractivity contribution is -0.258. The van der Waals surface area contributed by atoms with Crippen molar-refractivity contribution in [3.05, 3.63) is 29.1 Å². The van der Waals surface area contributed by atoms with Crippen molar-refractivity contribution in [2.24, 2.45) is 0 Å². The smallest absolute Gasteiger partial charge is 0.281 e. The largest absolute Gasteiger partial charge is 0.398 e. The van der Waals surface area contributed by atoms with Gasteiger partial charge in [0.2, 0.25) is 11.8 Å². The van der Waals surface area contributed by atoms with E-state index in [1.165, 1.54) is 0 Å². The summed E-state index contributed by atoms with van der Waals surface area (Å²) in [6, 6.07) is 0.401. The third-order valence-corrected chi connectivity index (χ3v) is 3.78. The SMILES string of the molecule is Nc1cc(F)cc2c1C(O)(O)N(C1CCC(=O)NC1=O)C2=O. The number of rotatable bonds is 1. The molecular formula is C13H12FN3O5. The van der Waals surface area contributed by atoms with Crippen LogP contribution in [-0.2, 0) is 15.5 Å². The minimum Gasteiger partial charge on any atom is -0.398 e. The average Bonchev–Trinajstić information content (AvgIpc) is 2.58. The van der Waals surface area contributed by atoms with Crippen LogP contribution in [-0.4, -0.2) is 38.9 Å². The Morgan fingerprint density at radius 1 is 1.32 bits per heavy atom. The van der Waals surface area contributed by atoms with Crippen LogP contribution in [0.25, 0.3) is 0 Å². The van der Waals surface area contributed by atoms with E-state index in [9.17, 15) is 29.0 Å². The molecule has 1 saturated heterocycles.